The van der Waals surface area contributed by atoms with Crippen LogP contribution in [0.15, 0.2) is 18.6 Å². The smallest absolute Gasteiger partial charge is 0.303 e. The van der Waals surface area contributed by atoms with Crippen molar-refractivity contribution in [3.63, 3.8) is 0 Å². The molecule has 0 aromatic carbocycles. The second-order valence-electron chi connectivity index (χ2n) is 2.77. The van der Waals surface area contributed by atoms with Crippen LogP contribution in [-0.2, 0) is 0 Å². The van der Waals surface area contributed by atoms with Crippen LogP contribution in [0.5, 0.6) is 0 Å². The van der Waals surface area contributed by atoms with Gasteiger partial charge in [0.05, 0.1) is 27.8 Å². The Bertz CT molecular complexity index is 561. The van der Waals surface area contributed by atoms with Gasteiger partial charge in [0, 0.05) is 0 Å². The number of nitrogens with zero attached hydrogens (tertiary/aromatic N) is 3. The largest absolute Gasteiger partial charge is 0.354 e. The van der Waals surface area contributed by atoms with E-state index in [1.807, 2.05) is 0 Å². The first kappa shape index (κ1) is 9.06. The Balaban J connectivity index is 2.86. The quantitative estimate of drug-likeness (QED) is 0.591. The summed E-state index contributed by atoms with van der Waals surface area (Å²) in [7, 11) is 0. The van der Waals surface area contributed by atoms with Gasteiger partial charge in [-0.3, -0.25) is 25.2 Å². The molecule has 2 aromatic rings. The molecule has 0 radical (unpaired) electrons. The third-order valence-electron chi connectivity index (χ3n) is 1.94. The van der Waals surface area contributed by atoms with Crippen LogP contribution >= 0.6 is 0 Å². The van der Waals surface area contributed by atoms with Crippen LogP contribution < -0.4 is 0 Å². The predicted molar refractivity (Wildman–Crippen MR) is 49.4 cm³/mol. The van der Waals surface area contributed by atoms with Crippen molar-refractivity contribution >= 4 is 22.3 Å². The van der Waals surface area contributed by atoms with E-state index in [0.29, 0.717) is 0 Å². The fourth-order valence-electron chi connectivity index (χ4n) is 1.33. The van der Waals surface area contributed by atoms with Gasteiger partial charge in [-0.2, -0.15) is 0 Å². The monoisotopic (exact) mass is 208 g/mol. The van der Waals surface area contributed by atoms with Crippen molar-refractivity contribution in [3.8, 4) is 0 Å². The number of aromatic nitrogens is 2. The molecule has 2 rings (SSSR count). The van der Waals surface area contributed by atoms with Crippen LogP contribution in [-0.4, -0.2) is 19.8 Å². The normalized spacial score (nSPS) is 10.4. The van der Waals surface area contributed by atoms with Crippen molar-refractivity contribution in [2.75, 3.05) is 0 Å². The van der Waals surface area contributed by atoms with E-state index in [2.05, 4.69) is 9.97 Å². The van der Waals surface area contributed by atoms with Crippen molar-refractivity contribution in [1.82, 2.24) is 9.97 Å². The molecular weight excluding hydrogens is 204 g/mol. The van der Waals surface area contributed by atoms with Crippen LogP contribution in [0.25, 0.3) is 10.9 Å². The first-order valence-corrected chi connectivity index (χ1v) is 3.85. The summed E-state index contributed by atoms with van der Waals surface area (Å²) >= 11 is 0. The fraction of sp³-hybridized carbons (Fsp3) is 0. The van der Waals surface area contributed by atoms with Gasteiger partial charge in [0.1, 0.15) is 6.20 Å². The topological polar surface area (TPSA) is 115 Å². The minimum Gasteiger partial charge on any atom is -0.354 e. The maximum absolute atomic E-state index is 10.6. The van der Waals surface area contributed by atoms with Crippen LogP contribution in [0.1, 0.15) is 0 Å². The molecule has 0 unspecified atom stereocenters. The molecule has 0 saturated carbocycles. The number of nitro groups is 2. The number of pyridine rings is 1. The van der Waals surface area contributed by atoms with Gasteiger partial charge in [-0.15, -0.1) is 0 Å². The van der Waals surface area contributed by atoms with Gasteiger partial charge in [-0.1, -0.05) is 0 Å². The summed E-state index contributed by atoms with van der Waals surface area (Å²) in [4.78, 5) is 26.0. The number of fused-ring (bicyclic) bond motifs is 1. The summed E-state index contributed by atoms with van der Waals surface area (Å²) in [6, 6.07) is 0. The average molecular weight is 208 g/mol. The lowest BCUT2D eigenvalue weighted by Gasteiger charge is -1.92. The minimum absolute atomic E-state index is 0.0278. The molecule has 8 nitrogen and oxygen atoms in total. The average Bonchev–Trinajstić information content (AvgIpc) is 2.60. The highest BCUT2D eigenvalue weighted by Crippen LogP contribution is 2.32. The maximum Gasteiger partial charge on any atom is 0.303 e. The van der Waals surface area contributed by atoms with Gasteiger partial charge in [0.15, 0.2) is 5.39 Å². The molecule has 0 aliphatic heterocycles. The van der Waals surface area contributed by atoms with Crippen molar-refractivity contribution < 1.29 is 9.85 Å². The highest BCUT2D eigenvalue weighted by Gasteiger charge is 2.23. The Morgan fingerprint density at radius 3 is 2.40 bits per heavy atom. The molecule has 0 amide bonds. The lowest BCUT2D eigenvalue weighted by atomic mass is 10.2. The lowest BCUT2D eigenvalue weighted by Crippen LogP contribution is -1.92. The molecule has 0 atom stereocenters. The molecule has 0 aliphatic carbocycles. The van der Waals surface area contributed by atoms with E-state index < -0.39 is 9.85 Å². The highest BCUT2D eigenvalue weighted by atomic mass is 16.6. The van der Waals surface area contributed by atoms with Crippen LogP contribution in [0.2, 0.25) is 0 Å². The summed E-state index contributed by atoms with van der Waals surface area (Å²) in [5.41, 5.74) is -0.421. The Morgan fingerprint density at radius 2 is 1.80 bits per heavy atom. The third kappa shape index (κ3) is 1.27. The van der Waals surface area contributed by atoms with Crippen molar-refractivity contribution in [3.05, 3.63) is 38.8 Å². The van der Waals surface area contributed by atoms with Crippen molar-refractivity contribution in [2.45, 2.75) is 0 Å². The van der Waals surface area contributed by atoms with Gasteiger partial charge in [0.2, 0.25) is 0 Å². The van der Waals surface area contributed by atoms with Crippen LogP contribution in [0, 0.1) is 20.2 Å². The standard InChI is InChI=1S/C7H4N4O4/c12-10(13)5-2-8-1-4-7(5)6(3-9-4)11(14)15/h1-3,9H. The van der Waals surface area contributed by atoms with Crippen molar-refractivity contribution in [1.29, 1.82) is 0 Å². The van der Waals surface area contributed by atoms with E-state index in [1.54, 1.807) is 0 Å². The summed E-state index contributed by atoms with van der Waals surface area (Å²) < 4.78 is 0. The van der Waals surface area contributed by atoms with E-state index in [9.17, 15) is 20.2 Å². The van der Waals surface area contributed by atoms with E-state index in [4.69, 9.17) is 0 Å². The molecule has 15 heavy (non-hydrogen) atoms. The van der Waals surface area contributed by atoms with Gasteiger partial charge in [0.25, 0.3) is 0 Å². The number of hydrogen-bond acceptors (Lipinski definition) is 5. The van der Waals surface area contributed by atoms with E-state index >= 15 is 0 Å². The first-order chi connectivity index (χ1) is 7.11. The Morgan fingerprint density at radius 1 is 1.13 bits per heavy atom. The van der Waals surface area contributed by atoms with E-state index in [1.165, 1.54) is 6.20 Å². The van der Waals surface area contributed by atoms with Gasteiger partial charge < -0.3 is 4.98 Å². The molecule has 0 bridgehead atoms. The Hall–Kier alpha value is -2.51. The summed E-state index contributed by atoms with van der Waals surface area (Å²) in [6.07, 6.45) is 3.40. The molecule has 0 saturated heterocycles. The minimum atomic E-state index is -0.698. The zero-order chi connectivity index (χ0) is 11.0. The number of rotatable bonds is 2. The first-order valence-electron chi connectivity index (χ1n) is 3.85. The maximum atomic E-state index is 10.6. The van der Waals surface area contributed by atoms with E-state index in [-0.39, 0.29) is 22.3 Å². The van der Waals surface area contributed by atoms with Crippen molar-refractivity contribution in [2.24, 2.45) is 0 Å². The molecule has 1 N–H and O–H groups in total. The molecule has 0 spiro atoms. The second kappa shape index (κ2) is 3.01. The summed E-state index contributed by atoms with van der Waals surface area (Å²) in [5.74, 6) is 0. The third-order valence-corrected chi connectivity index (χ3v) is 1.94. The van der Waals surface area contributed by atoms with E-state index in [0.717, 1.165) is 12.4 Å². The number of H-pyrrole nitrogens is 1. The molecule has 2 aromatic heterocycles. The number of hydrogen-bond donors (Lipinski definition) is 1. The second-order valence-corrected chi connectivity index (χ2v) is 2.77. The molecule has 0 aliphatic rings. The molecule has 2 heterocycles. The van der Waals surface area contributed by atoms with Gasteiger partial charge in [-0.05, 0) is 0 Å². The summed E-state index contributed by atoms with van der Waals surface area (Å²) in [6.45, 7) is 0. The predicted octanol–water partition coefficient (Wildman–Crippen LogP) is 1.38. The zero-order valence-electron chi connectivity index (χ0n) is 7.21. The lowest BCUT2D eigenvalue weighted by molar-refractivity contribution is -0.390. The number of aromatic amines is 1. The van der Waals surface area contributed by atoms with Gasteiger partial charge >= 0.3 is 11.4 Å². The Kier molecular flexibility index (Phi) is 1.82. The molecular formula is C7H4N4O4. The van der Waals surface area contributed by atoms with Gasteiger partial charge in [-0.25, -0.2) is 0 Å². The zero-order valence-corrected chi connectivity index (χ0v) is 7.21. The van der Waals surface area contributed by atoms with Crippen LogP contribution in [0.4, 0.5) is 11.4 Å². The molecule has 76 valence electrons. The molecule has 8 heteroatoms. The number of nitrogens with one attached hydrogen (secondary N) is 1. The summed E-state index contributed by atoms with van der Waals surface area (Å²) in [5, 5.41) is 21.2. The Labute approximate surface area is 81.8 Å². The SMILES string of the molecule is O=[N+]([O-])c1cncc2[nH]cc([N+](=O)[O-])c12. The molecule has 0 fully saturated rings. The fourth-order valence-corrected chi connectivity index (χ4v) is 1.33. The van der Waals surface area contributed by atoms with Crippen LogP contribution in [0.3, 0.4) is 0 Å². The highest BCUT2D eigenvalue weighted by molar-refractivity contribution is 5.95.